The Balaban J connectivity index is 1.84. The van der Waals surface area contributed by atoms with E-state index in [1.165, 1.54) is 68.3 Å². The molecule has 2 aliphatic rings. The number of nitro groups is 1. The first kappa shape index (κ1) is 23.1. The van der Waals surface area contributed by atoms with E-state index in [9.17, 15) is 24.3 Å². The number of benzene rings is 1. The summed E-state index contributed by atoms with van der Waals surface area (Å²) in [6.07, 6.45) is 1.47. The van der Waals surface area contributed by atoms with Gasteiger partial charge in [0.25, 0.3) is 11.6 Å². The summed E-state index contributed by atoms with van der Waals surface area (Å²) in [6.45, 7) is 1.12. The molecule has 166 valence electrons. The Morgan fingerprint density at radius 3 is 2.55 bits per heavy atom. The van der Waals surface area contributed by atoms with Crippen LogP contribution >= 0.6 is 19.4 Å². The van der Waals surface area contributed by atoms with Crippen molar-refractivity contribution in [2.24, 2.45) is 4.99 Å². The van der Waals surface area contributed by atoms with E-state index in [0.29, 0.717) is 16.9 Å². The zero-order valence-corrected chi connectivity index (χ0v) is 18.6. The molecule has 0 aromatic heterocycles. The lowest BCUT2D eigenvalue weighted by atomic mass is 10.1. The summed E-state index contributed by atoms with van der Waals surface area (Å²) in [5.41, 5.74) is 1.10. The monoisotopic (exact) mass is 469 g/mol. The third-order valence-electron chi connectivity index (χ3n) is 4.67. The average molecular weight is 469 g/mol. The van der Waals surface area contributed by atoms with Crippen molar-refractivity contribution in [1.82, 2.24) is 4.90 Å². The molecule has 0 N–H and O–H groups in total. The van der Waals surface area contributed by atoms with Gasteiger partial charge in [0.05, 0.1) is 4.92 Å². The molecule has 11 nitrogen and oxygen atoms in total. The first-order valence-corrected chi connectivity index (χ1v) is 11.6. The van der Waals surface area contributed by atoms with Crippen LogP contribution in [0.3, 0.4) is 0 Å². The molecule has 0 saturated carbocycles. The third-order valence-corrected chi connectivity index (χ3v) is 8.00. The highest BCUT2D eigenvalue weighted by Gasteiger charge is 2.56. The van der Waals surface area contributed by atoms with Crippen molar-refractivity contribution in [1.29, 1.82) is 0 Å². The maximum absolute atomic E-state index is 13.1. The topological polar surface area (TPSA) is 138 Å². The van der Waals surface area contributed by atoms with Crippen LogP contribution in [0.4, 0.5) is 5.69 Å². The van der Waals surface area contributed by atoms with Crippen molar-refractivity contribution in [2.75, 3.05) is 26.6 Å². The van der Waals surface area contributed by atoms with Crippen LogP contribution in [0.1, 0.15) is 12.5 Å². The largest absolute Gasteiger partial charge is 0.461 e. The van der Waals surface area contributed by atoms with Gasteiger partial charge in [-0.25, -0.2) is 0 Å². The Kier molecular flexibility index (Phi) is 6.95. The molecule has 1 saturated heterocycles. The number of nitrogens with zero attached hydrogens (tertiary/aromatic N) is 3. The van der Waals surface area contributed by atoms with E-state index in [4.69, 9.17) is 13.8 Å². The number of rotatable bonds is 8. The number of carbonyl (C=O) groups excluding carboxylic acids is 2. The normalized spacial score (nSPS) is 21.1. The molecule has 0 bridgehead atoms. The minimum atomic E-state index is -3.81. The summed E-state index contributed by atoms with van der Waals surface area (Å²) in [5.74, 6) is -0.568. The van der Waals surface area contributed by atoms with Gasteiger partial charge in [-0.3, -0.25) is 34.2 Å². The summed E-state index contributed by atoms with van der Waals surface area (Å²) < 4.78 is 28.4. The highest BCUT2D eigenvalue weighted by molar-refractivity contribution is 8.00. The highest BCUT2D eigenvalue weighted by Crippen LogP contribution is 2.62. The zero-order chi connectivity index (χ0) is 22.8. The first-order valence-electron chi connectivity index (χ1n) is 9.01. The number of thioether (sulfide) groups is 1. The molecule has 0 unspecified atom stereocenters. The second-order valence-electron chi connectivity index (χ2n) is 6.55. The van der Waals surface area contributed by atoms with Gasteiger partial charge in [0.2, 0.25) is 0 Å². The number of hydrogen-bond donors (Lipinski definition) is 0. The van der Waals surface area contributed by atoms with Gasteiger partial charge in [-0.1, -0.05) is 0 Å². The standard InChI is InChI=1S/C18H20N3O8PS/c1-11(22)29-9-13-10-31-18-15(16(23)20(18)17(13)30(26,27-2)28-3)19-8-12-4-6-14(7-5-12)21(24)25/h4-8,15,18H,9-10H2,1-3H3/t15-,18+/m1/s1. The lowest BCUT2D eigenvalue weighted by molar-refractivity contribution is -0.384. The second kappa shape index (κ2) is 9.31. The predicted molar refractivity (Wildman–Crippen MR) is 113 cm³/mol. The van der Waals surface area contributed by atoms with Gasteiger partial charge >= 0.3 is 13.6 Å². The van der Waals surface area contributed by atoms with Crippen molar-refractivity contribution >= 4 is 43.1 Å². The second-order valence-corrected chi connectivity index (χ2v) is 9.81. The molecule has 0 radical (unpaired) electrons. The van der Waals surface area contributed by atoms with Crippen LogP contribution in [0.15, 0.2) is 40.3 Å². The first-order chi connectivity index (χ1) is 14.7. The van der Waals surface area contributed by atoms with Gasteiger partial charge in [0, 0.05) is 50.8 Å². The summed E-state index contributed by atoms with van der Waals surface area (Å²) >= 11 is 1.39. The summed E-state index contributed by atoms with van der Waals surface area (Å²) in [6, 6.07) is 5.03. The van der Waals surface area contributed by atoms with E-state index in [0.717, 1.165) is 0 Å². The van der Waals surface area contributed by atoms with Crippen LogP contribution in [0.5, 0.6) is 0 Å². The van der Waals surface area contributed by atoms with Crippen molar-refractivity contribution in [3.05, 3.63) is 51.0 Å². The number of esters is 1. The number of carbonyl (C=O) groups is 2. The molecule has 1 amide bonds. The molecule has 1 aromatic carbocycles. The summed E-state index contributed by atoms with van der Waals surface area (Å²) in [4.78, 5) is 40.0. The van der Waals surface area contributed by atoms with Gasteiger partial charge in [-0.05, 0) is 17.7 Å². The number of non-ortho nitro benzene ring substituents is 1. The van der Waals surface area contributed by atoms with Crippen molar-refractivity contribution in [2.45, 2.75) is 18.3 Å². The van der Waals surface area contributed by atoms with Crippen LogP contribution in [-0.2, 0) is 27.9 Å². The highest BCUT2D eigenvalue weighted by atomic mass is 32.2. The van der Waals surface area contributed by atoms with E-state index in [1.807, 2.05) is 0 Å². The van der Waals surface area contributed by atoms with E-state index >= 15 is 0 Å². The predicted octanol–water partition coefficient (Wildman–Crippen LogP) is 2.56. The maximum Gasteiger partial charge on any atom is 0.377 e. The molecule has 31 heavy (non-hydrogen) atoms. The van der Waals surface area contributed by atoms with Gasteiger partial charge in [0.1, 0.15) is 17.4 Å². The molecule has 2 heterocycles. The maximum atomic E-state index is 13.1. The van der Waals surface area contributed by atoms with E-state index in [-0.39, 0.29) is 17.7 Å². The van der Waals surface area contributed by atoms with Crippen LogP contribution in [0.25, 0.3) is 0 Å². The Hall–Kier alpha value is -2.53. The molecule has 13 heteroatoms. The SMILES string of the molecule is COP(=O)(OC)C1=C(COC(C)=O)CS[C@H]2[C@H](N=Cc3ccc([N+](=O)[O-])cc3)C(=O)N12. The average Bonchev–Trinajstić information content (AvgIpc) is 2.76. The number of β-lactam (4-membered cyclic amide) rings is 1. The van der Waals surface area contributed by atoms with E-state index < -0.39 is 35.8 Å². The lowest BCUT2D eigenvalue weighted by Crippen LogP contribution is -2.63. The Bertz CT molecular complexity index is 1000. The number of fused-ring (bicyclic) bond motifs is 1. The summed E-state index contributed by atoms with van der Waals surface area (Å²) in [5, 5.41) is 10.3. The number of hydrogen-bond acceptors (Lipinski definition) is 10. The molecule has 2 atom stereocenters. The minimum absolute atomic E-state index is 0.0455. The number of nitro benzene ring substituents is 1. The number of aliphatic imine (C=N–C) groups is 1. The van der Waals surface area contributed by atoms with Gasteiger partial charge in [-0.2, -0.15) is 0 Å². The number of ether oxygens (including phenoxy) is 1. The molecule has 1 fully saturated rings. The molecule has 2 aliphatic heterocycles. The van der Waals surface area contributed by atoms with Gasteiger partial charge < -0.3 is 13.8 Å². The zero-order valence-electron chi connectivity index (χ0n) is 16.9. The third kappa shape index (κ3) is 4.57. The van der Waals surface area contributed by atoms with E-state index in [1.54, 1.807) is 0 Å². The van der Waals surface area contributed by atoms with Crippen molar-refractivity contribution in [3.63, 3.8) is 0 Å². The van der Waals surface area contributed by atoms with Crippen molar-refractivity contribution < 1.29 is 32.9 Å². The lowest BCUT2D eigenvalue weighted by Gasteiger charge is -2.49. The van der Waals surface area contributed by atoms with Crippen LogP contribution in [0.2, 0.25) is 0 Å². The van der Waals surface area contributed by atoms with Gasteiger partial charge in [-0.15, -0.1) is 11.8 Å². The van der Waals surface area contributed by atoms with Crippen LogP contribution < -0.4 is 0 Å². The number of amides is 1. The van der Waals surface area contributed by atoms with E-state index in [2.05, 4.69) is 4.99 Å². The molecular formula is C18H20N3O8PS. The Labute approximate surface area is 182 Å². The minimum Gasteiger partial charge on any atom is -0.461 e. The molecule has 3 rings (SSSR count). The Morgan fingerprint density at radius 1 is 1.35 bits per heavy atom. The molecule has 0 aliphatic carbocycles. The smallest absolute Gasteiger partial charge is 0.377 e. The molecule has 1 aromatic rings. The van der Waals surface area contributed by atoms with Gasteiger partial charge in [0.15, 0.2) is 6.04 Å². The molecular weight excluding hydrogens is 449 g/mol. The van der Waals surface area contributed by atoms with Crippen LogP contribution in [0, 0.1) is 10.1 Å². The quantitative estimate of drug-likeness (QED) is 0.140. The summed E-state index contributed by atoms with van der Waals surface area (Å²) in [7, 11) is -1.38. The Morgan fingerprint density at radius 2 is 2.00 bits per heavy atom. The fraction of sp³-hybridized carbons (Fsp3) is 0.389. The fourth-order valence-electron chi connectivity index (χ4n) is 3.11. The van der Waals surface area contributed by atoms with Crippen molar-refractivity contribution in [3.8, 4) is 0 Å². The molecule has 0 spiro atoms. The fourth-order valence-corrected chi connectivity index (χ4v) is 6.13. The van der Waals surface area contributed by atoms with Crippen LogP contribution in [-0.4, -0.2) is 65.9 Å².